The molecule has 2 rings (SSSR count). The first-order chi connectivity index (χ1) is 8.49. The van der Waals surface area contributed by atoms with Gasteiger partial charge in [0.2, 0.25) is 0 Å². The molecule has 1 fully saturated rings. The predicted molar refractivity (Wildman–Crippen MR) is 68.8 cm³/mol. The predicted octanol–water partition coefficient (Wildman–Crippen LogP) is 2.19. The molecule has 5 heteroatoms. The molecule has 0 spiro atoms. The van der Waals surface area contributed by atoms with E-state index in [1.54, 1.807) is 0 Å². The van der Waals surface area contributed by atoms with Crippen molar-refractivity contribution >= 4 is 11.8 Å². The lowest BCUT2D eigenvalue weighted by Gasteiger charge is -2.24. The van der Waals surface area contributed by atoms with E-state index in [0.717, 1.165) is 32.4 Å². The van der Waals surface area contributed by atoms with E-state index in [2.05, 4.69) is 24.0 Å². The highest BCUT2D eigenvalue weighted by Gasteiger charge is 2.26. The second-order valence-electron chi connectivity index (χ2n) is 5.58. The van der Waals surface area contributed by atoms with Crippen LogP contribution in [0, 0.1) is 5.41 Å². The van der Waals surface area contributed by atoms with Crippen molar-refractivity contribution in [1.29, 1.82) is 0 Å². The Labute approximate surface area is 107 Å². The Morgan fingerprint density at radius 2 is 2.17 bits per heavy atom. The average molecular weight is 249 g/mol. The van der Waals surface area contributed by atoms with Gasteiger partial charge in [0.1, 0.15) is 5.56 Å². The Balaban J connectivity index is 2.24. The molecule has 1 aromatic rings. The second kappa shape index (κ2) is 4.92. The zero-order chi connectivity index (χ0) is 13.2. The van der Waals surface area contributed by atoms with Crippen molar-refractivity contribution in [2.45, 2.75) is 33.1 Å². The van der Waals surface area contributed by atoms with Crippen LogP contribution in [0.25, 0.3) is 0 Å². The topological polar surface area (TPSA) is 66.3 Å². The summed E-state index contributed by atoms with van der Waals surface area (Å²) in [6.07, 6.45) is 4.69. The van der Waals surface area contributed by atoms with E-state index in [4.69, 9.17) is 0 Å². The first-order valence-corrected chi connectivity index (χ1v) is 6.29. The summed E-state index contributed by atoms with van der Waals surface area (Å²) in [4.78, 5) is 13.2. The number of aromatic nitrogens is 2. The number of carboxylic acid groups (broad SMARTS) is 1. The van der Waals surface area contributed by atoms with E-state index >= 15 is 0 Å². The number of hydrogen-bond donors (Lipinski definition) is 1. The van der Waals surface area contributed by atoms with Gasteiger partial charge in [-0.3, -0.25) is 0 Å². The minimum atomic E-state index is -0.941. The van der Waals surface area contributed by atoms with Crippen LogP contribution in [0.2, 0.25) is 0 Å². The number of anilines is 1. The van der Waals surface area contributed by atoms with Gasteiger partial charge in [-0.2, -0.15) is 5.10 Å². The van der Waals surface area contributed by atoms with Crippen LogP contribution in [-0.4, -0.2) is 34.4 Å². The Morgan fingerprint density at radius 1 is 1.39 bits per heavy atom. The monoisotopic (exact) mass is 249 g/mol. The summed E-state index contributed by atoms with van der Waals surface area (Å²) in [5.41, 5.74) is 0.560. The third-order valence-electron chi connectivity index (χ3n) is 3.57. The van der Waals surface area contributed by atoms with Crippen molar-refractivity contribution in [3.8, 4) is 0 Å². The van der Waals surface area contributed by atoms with Crippen LogP contribution < -0.4 is 4.90 Å². The highest BCUT2D eigenvalue weighted by molar-refractivity contribution is 5.93. The van der Waals surface area contributed by atoms with E-state index in [9.17, 15) is 9.90 Å². The molecule has 0 atom stereocenters. The molecule has 0 unspecified atom stereocenters. The smallest absolute Gasteiger partial charge is 0.339 e. The lowest BCUT2D eigenvalue weighted by atomic mass is 9.85. The fraction of sp³-hybridized carbons (Fsp3) is 0.615. The molecule has 1 aliphatic heterocycles. The molecule has 2 heterocycles. The van der Waals surface area contributed by atoms with E-state index in [1.165, 1.54) is 12.3 Å². The number of aromatic carboxylic acids is 1. The van der Waals surface area contributed by atoms with Crippen molar-refractivity contribution < 1.29 is 9.90 Å². The van der Waals surface area contributed by atoms with Gasteiger partial charge in [0.15, 0.2) is 5.82 Å². The molecule has 0 bridgehead atoms. The summed E-state index contributed by atoms with van der Waals surface area (Å²) in [7, 11) is 0. The number of carboxylic acids is 1. The fourth-order valence-electron chi connectivity index (χ4n) is 2.36. The molecular formula is C13H19N3O2. The quantitative estimate of drug-likeness (QED) is 0.870. The van der Waals surface area contributed by atoms with Crippen molar-refractivity contribution in [3.63, 3.8) is 0 Å². The summed E-state index contributed by atoms with van der Waals surface area (Å²) in [5.74, 6) is -0.439. The summed E-state index contributed by atoms with van der Waals surface area (Å²) < 4.78 is 0. The third kappa shape index (κ3) is 2.78. The van der Waals surface area contributed by atoms with E-state index < -0.39 is 5.97 Å². The van der Waals surface area contributed by atoms with Gasteiger partial charge in [-0.25, -0.2) is 4.79 Å². The highest BCUT2D eigenvalue weighted by Crippen LogP contribution is 2.31. The normalized spacial score (nSPS) is 19.3. The lowest BCUT2D eigenvalue weighted by Crippen LogP contribution is -2.28. The standard InChI is InChI=1S/C13H19N3O2/c1-13(2)5-3-8-16(9-6-13)11-10(12(17)18)4-7-14-15-11/h4,7H,3,5-6,8-9H2,1-2H3,(H,17,18). The summed E-state index contributed by atoms with van der Waals surface area (Å²) in [6, 6.07) is 1.51. The summed E-state index contributed by atoms with van der Waals surface area (Å²) in [5, 5.41) is 17.0. The maximum Gasteiger partial charge on any atom is 0.339 e. The number of carbonyl (C=O) groups is 1. The lowest BCUT2D eigenvalue weighted by molar-refractivity contribution is 0.0697. The van der Waals surface area contributed by atoms with Crippen molar-refractivity contribution in [1.82, 2.24) is 10.2 Å². The molecule has 5 nitrogen and oxygen atoms in total. The van der Waals surface area contributed by atoms with Gasteiger partial charge in [0.05, 0.1) is 6.20 Å². The van der Waals surface area contributed by atoms with Gasteiger partial charge in [-0.15, -0.1) is 5.10 Å². The highest BCUT2D eigenvalue weighted by atomic mass is 16.4. The van der Waals surface area contributed by atoms with Gasteiger partial charge in [0.25, 0.3) is 0 Å². The van der Waals surface area contributed by atoms with Crippen LogP contribution in [0.1, 0.15) is 43.5 Å². The van der Waals surface area contributed by atoms with E-state index in [0.29, 0.717) is 11.2 Å². The van der Waals surface area contributed by atoms with Gasteiger partial charge < -0.3 is 10.0 Å². The molecule has 1 aromatic heterocycles. The second-order valence-corrected chi connectivity index (χ2v) is 5.58. The third-order valence-corrected chi connectivity index (χ3v) is 3.57. The molecular weight excluding hydrogens is 230 g/mol. The van der Waals surface area contributed by atoms with Gasteiger partial charge in [0, 0.05) is 13.1 Å². The van der Waals surface area contributed by atoms with Crippen LogP contribution in [-0.2, 0) is 0 Å². The Kier molecular flexibility index (Phi) is 3.50. The van der Waals surface area contributed by atoms with Crippen molar-refractivity contribution in [2.75, 3.05) is 18.0 Å². The van der Waals surface area contributed by atoms with Crippen molar-refractivity contribution in [2.24, 2.45) is 5.41 Å². The fourth-order valence-corrected chi connectivity index (χ4v) is 2.36. The van der Waals surface area contributed by atoms with Gasteiger partial charge >= 0.3 is 5.97 Å². The largest absolute Gasteiger partial charge is 0.478 e. The molecule has 98 valence electrons. The Morgan fingerprint density at radius 3 is 2.89 bits per heavy atom. The Bertz CT molecular complexity index is 446. The molecule has 1 aliphatic rings. The Hall–Kier alpha value is -1.65. The minimum absolute atomic E-state index is 0.240. The summed E-state index contributed by atoms with van der Waals surface area (Å²) in [6.45, 7) is 6.20. The molecule has 0 aromatic carbocycles. The molecule has 0 radical (unpaired) electrons. The van der Waals surface area contributed by atoms with Crippen LogP contribution in [0.15, 0.2) is 12.3 Å². The van der Waals surface area contributed by atoms with E-state index in [1.807, 2.05) is 4.90 Å². The number of rotatable bonds is 2. The first kappa shape index (κ1) is 12.8. The molecule has 0 amide bonds. The first-order valence-electron chi connectivity index (χ1n) is 6.29. The molecule has 18 heavy (non-hydrogen) atoms. The summed E-state index contributed by atoms with van der Waals surface area (Å²) >= 11 is 0. The molecule has 0 aliphatic carbocycles. The van der Waals surface area contributed by atoms with Gasteiger partial charge in [-0.05, 0) is 30.7 Å². The van der Waals surface area contributed by atoms with E-state index in [-0.39, 0.29) is 5.56 Å². The number of hydrogen-bond acceptors (Lipinski definition) is 4. The molecule has 1 saturated heterocycles. The SMILES string of the molecule is CC1(C)CCCN(c2nnccc2C(=O)O)CC1. The number of nitrogens with zero attached hydrogens (tertiary/aromatic N) is 3. The average Bonchev–Trinajstić information content (AvgIpc) is 2.50. The van der Waals surface area contributed by atoms with Crippen molar-refractivity contribution in [3.05, 3.63) is 17.8 Å². The van der Waals surface area contributed by atoms with Crippen LogP contribution in [0.4, 0.5) is 5.82 Å². The van der Waals surface area contributed by atoms with Crippen LogP contribution in [0.5, 0.6) is 0 Å². The minimum Gasteiger partial charge on any atom is -0.478 e. The zero-order valence-electron chi connectivity index (χ0n) is 10.9. The van der Waals surface area contributed by atoms with Crippen LogP contribution >= 0.6 is 0 Å². The maximum absolute atomic E-state index is 11.2. The zero-order valence-corrected chi connectivity index (χ0v) is 10.9. The molecule has 1 N–H and O–H groups in total. The van der Waals surface area contributed by atoms with Gasteiger partial charge in [-0.1, -0.05) is 13.8 Å². The van der Waals surface area contributed by atoms with Crippen LogP contribution in [0.3, 0.4) is 0 Å². The maximum atomic E-state index is 11.2. The molecule has 0 saturated carbocycles.